The summed E-state index contributed by atoms with van der Waals surface area (Å²) in [7, 11) is 4.47. The predicted molar refractivity (Wildman–Crippen MR) is 94.4 cm³/mol. The van der Waals surface area contributed by atoms with Crippen LogP contribution in [-0.2, 0) is 0 Å². The second-order valence-electron chi connectivity index (χ2n) is 5.04. The van der Waals surface area contributed by atoms with Crippen LogP contribution in [0.5, 0.6) is 17.2 Å². The van der Waals surface area contributed by atoms with E-state index in [1.165, 1.54) is 21.3 Å². The van der Waals surface area contributed by atoms with E-state index in [0.717, 1.165) is 0 Å². The number of hydrogen-bond donors (Lipinski definition) is 3. The number of hydrogen-bond acceptors (Lipinski definition) is 6. The molecule has 7 heteroatoms. The number of anilines is 1. The SMILES string of the molecule is C=C(NO)c1ccc(NC(=O)c2cc(OC)c(OC)c(OC)c2)cc1. The smallest absolute Gasteiger partial charge is 0.255 e. The second kappa shape index (κ2) is 8.07. The minimum atomic E-state index is -0.328. The van der Waals surface area contributed by atoms with Gasteiger partial charge in [0, 0.05) is 11.3 Å². The molecule has 132 valence electrons. The Hall–Kier alpha value is -3.19. The monoisotopic (exact) mass is 344 g/mol. The first kappa shape index (κ1) is 18.2. The van der Waals surface area contributed by atoms with Gasteiger partial charge in [-0.1, -0.05) is 18.7 Å². The molecule has 0 heterocycles. The molecule has 0 aliphatic heterocycles. The number of methoxy groups -OCH3 is 3. The summed E-state index contributed by atoms with van der Waals surface area (Å²) in [5, 5.41) is 11.6. The van der Waals surface area contributed by atoms with Gasteiger partial charge >= 0.3 is 0 Å². The van der Waals surface area contributed by atoms with Crippen LogP contribution in [0.15, 0.2) is 43.0 Å². The number of amides is 1. The molecule has 2 aromatic carbocycles. The van der Waals surface area contributed by atoms with Gasteiger partial charge in [-0.15, -0.1) is 0 Å². The average Bonchev–Trinajstić information content (AvgIpc) is 2.66. The van der Waals surface area contributed by atoms with Crippen molar-refractivity contribution < 1.29 is 24.2 Å². The van der Waals surface area contributed by atoms with Crippen molar-refractivity contribution in [1.29, 1.82) is 0 Å². The molecule has 0 unspecified atom stereocenters. The van der Waals surface area contributed by atoms with Gasteiger partial charge in [-0.25, -0.2) is 0 Å². The van der Waals surface area contributed by atoms with Crippen molar-refractivity contribution in [3.8, 4) is 17.2 Å². The molecule has 25 heavy (non-hydrogen) atoms. The second-order valence-corrected chi connectivity index (χ2v) is 5.04. The molecule has 0 aliphatic rings. The van der Waals surface area contributed by atoms with Gasteiger partial charge in [-0.3, -0.25) is 15.5 Å². The summed E-state index contributed by atoms with van der Waals surface area (Å²) in [5.74, 6) is 0.882. The van der Waals surface area contributed by atoms with E-state index in [-0.39, 0.29) is 5.91 Å². The molecule has 3 N–H and O–H groups in total. The lowest BCUT2D eigenvalue weighted by Gasteiger charge is -2.14. The van der Waals surface area contributed by atoms with Crippen LogP contribution in [0.25, 0.3) is 5.70 Å². The lowest BCUT2D eigenvalue weighted by atomic mass is 10.1. The molecule has 0 radical (unpaired) electrons. The zero-order chi connectivity index (χ0) is 18.4. The molecule has 0 fully saturated rings. The van der Waals surface area contributed by atoms with Crippen molar-refractivity contribution in [2.24, 2.45) is 0 Å². The van der Waals surface area contributed by atoms with Crippen LogP contribution in [0.3, 0.4) is 0 Å². The molecule has 0 bridgehead atoms. The fraction of sp³-hybridized carbons (Fsp3) is 0.167. The van der Waals surface area contributed by atoms with Crippen molar-refractivity contribution in [3.05, 3.63) is 54.1 Å². The van der Waals surface area contributed by atoms with Crippen LogP contribution in [0.2, 0.25) is 0 Å². The molecule has 7 nitrogen and oxygen atoms in total. The summed E-state index contributed by atoms with van der Waals surface area (Å²) < 4.78 is 15.7. The highest BCUT2D eigenvalue weighted by Crippen LogP contribution is 2.38. The van der Waals surface area contributed by atoms with Gasteiger partial charge in [0.1, 0.15) is 0 Å². The van der Waals surface area contributed by atoms with Gasteiger partial charge in [-0.2, -0.15) is 0 Å². The standard InChI is InChI=1S/C18H20N2O5/c1-11(20-22)12-5-7-14(8-6-12)19-18(21)13-9-15(23-2)17(25-4)16(10-13)24-3/h5-10,20,22H,1H2,2-4H3,(H,19,21). The number of carbonyl (C=O) groups excluding carboxylic acids is 1. The summed E-state index contributed by atoms with van der Waals surface area (Å²) in [6, 6.07) is 9.99. The minimum Gasteiger partial charge on any atom is -0.493 e. The molecular weight excluding hydrogens is 324 g/mol. The third-order valence-corrected chi connectivity index (χ3v) is 3.55. The first-order valence-corrected chi connectivity index (χ1v) is 7.34. The van der Waals surface area contributed by atoms with Gasteiger partial charge in [0.25, 0.3) is 5.91 Å². The van der Waals surface area contributed by atoms with Gasteiger partial charge in [0.15, 0.2) is 11.5 Å². The number of carbonyl (C=O) groups is 1. The lowest BCUT2D eigenvalue weighted by Crippen LogP contribution is -2.13. The highest BCUT2D eigenvalue weighted by Gasteiger charge is 2.17. The van der Waals surface area contributed by atoms with E-state index in [4.69, 9.17) is 19.4 Å². The fourth-order valence-corrected chi connectivity index (χ4v) is 2.23. The molecule has 0 saturated carbocycles. The number of hydroxylamine groups is 1. The van der Waals surface area contributed by atoms with Crippen molar-refractivity contribution in [2.45, 2.75) is 0 Å². The van der Waals surface area contributed by atoms with Gasteiger partial charge < -0.3 is 19.5 Å². The number of benzene rings is 2. The Morgan fingerprint density at radius 2 is 1.52 bits per heavy atom. The maximum absolute atomic E-state index is 12.5. The van der Waals surface area contributed by atoms with Crippen LogP contribution >= 0.6 is 0 Å². The Morgan fingerprint density at radius 3 is 1.96 bits per heavy atom. The first-order valence-electron chi connectivity index (χ1n) is 7.34. The summed E-state index contributed by atoms with van der Waals surface area (Å²) in [5.41, 5.74) is 4.00. The molecule has 0 aliphatic carbocycles. The quantitative estimate of drug-likeness (QED) is 0.669. The Balaban J connectivity index is 2.24. The van der Waals surface area contributed by atoms with Crippen LogP contribution in [0.4, 0.5) is 5.69 Å². The van der Waals surface area contributed by atoms with Crippen LogP contribution in [-0.4, -0.2) is 32.4 Å². The maximum Gasteiger partial charge on any atom is 0.255 e. The van der Waals surface area contributed by atoms with Crippen molar-refractivity contribution in [2.75, 3.05) is 26.6 Å². The molecule has 0 atom stereocenters. The summed E-state index contributed by atoms with van der Waals surface area (Å²) in [6.45, 7) is 3.65. The van der Waals surface area contributed by atoms with Crippen molar-refractivity contribution in [1.82, 2.24) is 5.48 Å². The van der Waals surface area contributed by atoms with Gasteiger partial charge in [0.05, 0.1) is 27.0 Å². The fourth-order valence-electron chi connectivity index (χ4n) is 2.23. The number of nitrogens with one attached hydrogen (secondary N) is 2. The van der Waals surface area contributed by atoms with Gasteiger partial charge in [0.2, 0.25) is 5.75 Å². The summed E-state index contributed by atoms with van der Waals surface area (Å²) >= 11 is 0. The molecule has 2 aromatic rings. The predicted octanol–water partition coefficient (Wildman–Crippen LogP) is 2.91. The Labute approximate surface area is 145 Å². The van der Waals surface area contributed by atoms with Crippen LogP contribution in [0, 0.1) is 0 Å². The number of ether oxygens (including phenoxy) is 3. The van der Waals surface area contributed by atoms with E-state index in [2.05, 4.69) is 11.9 Å². The Bertz CT molecular complexity index is 747. The zero-order valence-corrected chi connectivity index (χ0v) is 14.3. The maximum atomic E-state index is 12.5. The average molecular weight is 344 g/mol. The zero-order valence-electron chi connectivity index (χ0n) is 14.3. The minimum absolute atomic E-state index is 0.328. The molecular formula is C18H20N2O5. The highest BCUT2D eigenvalue weighted by atomic mass is 16.5. The summed E-state index contributed by atoms with van der Waals surface area (Å²) in [6.07, 6.45) is 0. The van der Waals surface area contributed by atoms with E-state index < -0.39 is 0 Å². The van der Waals surface area contributed by atoms with Crippen molar-refractivity contribution >= 4 is 17.3 Å². The van der Waals surface area contributed by atoms with E-state index in [9.17, 15) is 4.79 Å². The third-order valence-electron chi connectivity index (χ3n) is 3.55. The first-order chi connectivity index (χ1) is 12.0. The topological polar surface area (TPSA) is 89.1 Å². The van der Waals surface area contributed by atoms with Crippen LogP contribution < -0.4 is 25.0 Å². The summed E-state index contributed by atoms with van der Waals surface area (Å²) in [4.78, 5) is 12.5. The molecule has 0 aromatic heterocycles. The largest absolute Gasteiger partial charge is 0.493 e. The normalized spacial score (nSPS) is 9.92. The highest BCUT2D eigenvalue weighted by molar-refractivity contribution is 6.05. The molecule has 0 saturated heterocycles. The molecule has 2 rings (SSSR count). The molecule has 1 amide bonds. The van der Waals surface area contributed by atoms with E-state index >= 15 is 0 Å². The van der Waals surface area contributed by atoms with Crippen LogP contribution in [0.1, 0.15) is 15.9 Å². The molecule has 0 spiro atoms. The van der Waals surface area contributed by atoms with Crippen molar-refractivity contribution in [3.63, 3.8) is 0 Å². The van der Waals surface area contributed by atoms with E-state index in [1.807, 2.05) is 5.48 Å². The van der Waals surface area contributed by atoms with E-state index in [0.29, 0.717) is 39.8 Å². The third kappa shape index (κ3) is 4.02. The Kier molecular flexibility index (Phi) is 5.86. The van der Waals surface area contributed by atoms with Gasteiger partial charge in [-0.05, 0) is 29.8 Å². The number of rotatable bonds is 7. The lowest BCUT2D eigenvalue weighted by molar-refractivity contribution is 0.102. The Morgan fingerprint density at radius 1 is 0.960 bits per heavy atom. The van der Waals surface area contributed by atoms with E-state index in [1.54, 1.807) is 36.4 Å².